The molecule has 2 N–H and O–H groups in total. The Morgan fingerprint density at radius 1 is 1.21 bits per heavy atom. The van der Waals surface area contributed by atoms with Crippen LogP contribution in [0.2, 0.25) is 0 Å². The first-order valence-electron chi connectivity index (χ1n) is 6.88. The fourth-order valence-corrected chi connectivity index (χ4v) is 3.05. The number of benzene rings is 1. The summed E-state index contributed by atoms with van der Waals surface area (Å²) in [7, 11) is 1.97. The number of halogens is 1. The Kier molecular flexibility index (Phi) is 4.99. The topological polar surface area (TPSA) is 41.1 Å². The number of rotatable bonds is 4. The van der Waals surface area contributed by atoms with E-state index in [0.717, 1.165) is 23.0 Å². The first-order chi connectivity index (χ1) is 9.13. The molecular weight excluding hydrogens is 304 g/mol. The lowest BCUT2D eigenvalue weighted by Crippen LogP contribution is -2.47. The molecule has 0 saturated heterocycles. The summed E-state index contributed by atoms with van der Waals surface area (Å²) in [4.78, 5) is 12.2. The van der Waals surface area contributed by atoms with Crippen LogP contribution in [0, 0.1) is 0 Å². The maximum absolute atomic E-state index is 12.2. The number of amides is 1. The second-order valence-corrected chi connectivity index (χ2v) is 6.24. The van der Waals surface area contributed by atoms with Gasteiger partial charge in [0.15, 0.2) is 0 Å². The van der Waals surface area contributed by atoms with Gasteiger partial charge in [-0.3, -0.25) is 4.79 Å². The van der Waals surface area contributed by atoms with Crippen LogP contribution < -0.4 is 10.6 Å². The number of nitrogens with one attached hydrogen (secondary N) is 2. The van der Waals surface area contributed by atoms with Crippen molar-refractivity contribution in [2.24, 2.45) is 0 Å². The van der Waals surface area contributed by atoms with Crippen LogP contribution in [0.3, 0.4) is 0 Å². The van der Waals surface area contributed by atoms with Crippen LogP contribution in [-0.2, 0) is 4.79 Å². The van der Waals surface area contributed by atoms with E-state index in [1.165, 1.54) is 19.3 Å². The summed E-state index contributed by atoms with van der Waals surface area (Å²) < 4.78 is 1.02. The summed E-state index contributed by atoms with van der Waals surface area (Å²) in [6, 6.07) is 7.69. The van der Waals surface area contributed by atoms with E-state index in [-0.39, 0.29) is 11.4 Å². The van der Waals surface area contributed by atoms with E-state index < -0.39 is 0 Å². The van der Waals surface area contributed by atoms with Gasteiger partial charge in [-0.2, -0.15) is 0 Å². The van der Waals surface area contributed by atoms with Gasteiger partial charge in [0, 0.05) is 22.1 Å². The van der Waals surface area contributed by atoms with Crippen molar-refractivity contribution in [3.8, 4) is 0 Å². The minimum absolute atomic E-state index is 0.00228. The van der Waals surface area contributed by atoms with E-state index in [4.69, 9.17) is 0 Å². The third-order valence-corrected chi connectivity index (χ3v) is 4.50. The van der Waals surface area contributed by atoms with Crippen molar-refractivity contribution in [1.82, 2.24) is 5.32 Å². The average Bonchev–Trinajstić information content (AvgIpc) is 2.42. The van der Waals surface area contributed by atoms with Gasteiger partial charge >= 0.3 is 0 Å². The van der Waals surface area contributed by atoms with Crippen LogP contribution in [0.5, 0.6) is 0 Å². The van der Waals surface area contributed by atoms with Gasteiger partial charge in [0.2, 0.25) is 5.91 Å². The zero-order chi connectivity index (χ0) is 13.7. The van der Waals surface area contributed by atoms with Gasteiger partial charge in [0.1, 0.15) is 0 Å². The Labute approximate surface area is 123 Å². The molecule has 0 aliphatic heterocycles. The molecule has 0 heterocycles. The third kappa shape index (κ3) is 4.05. The molecule has 1 aromatic carbocycles. The highest BCUT2D eigenvalue weighted by Crippen LogP contribution is 2.31. The summed E-state index contributed by atoms with van der Waals surface area (Å²) in [5.74, 6) is 0.0959. The van der Waals surface area contributed by atoms with Crippen molar-refractivity contribution in [3.05, 3.63) is 28.7 Å². The zero-order valence-electron chi connectivity index (χ0n) is 11.3. The largest absolute Gasteiger partial charge is 0.326 e. The molecule has 1 aromatic rings. The van der Waals surface area contributed by atoms with E-state index in [2.05, 4.69) is 26.6 Å². The Hall–Kier alpha value is -0.870. The molecule has 1 fully saturated rings. The molecule has 1 saturated carbocycles. The Morgan fingerprint density at radius 2 is 1.84 bits per heavy atom. The van der Waals surface area contributed by atoms with Crippen molar-refractivity contribution in [2.75, 3.05) is 12.4 Å². The molecule has 19 heavy (non-hydrogen) atoms. The summed E-state index contributed by atoms with van der Waals surface area (Å²) in [5.41, 5.74) is 0.854. The van der Waals surface area contributed by atoms with Crippen molar-refractivity contribution >= 4 is 27.5 Å². The number of carbonyl (C=O) groups is 1. The molecule has 1 aliphatic rings. The highest BCUT2D eigenvalue weighted by atomic mass is 79.9. The highest BCUT2D eigenvalue weighted by molar-refractivity contribution is 9.10. The lowest BCUT2D eigenvalue weighted by Gasteiger charge is -2.36. The molecular formula is C15H21BrN2O. The van der Waals surface area contributed by atoms with Crippen LogP contribution >= 0.6 is 15.9 Å². The standard InChI is InChI=1S/C15H21BrN2O/c1-17-15(9-3-2-4-10-15)11-14(19)18-13-7-5-12(16)6-8-13/h5-8,17H,2-4,9-11H2,1H3,(H,18,19). The summed E-state index contributed by atoms with van der Waals surface area (Å²) >= 11 is 3.39. The second kappa shape index (κ2) is 6.53. The third-order valence-electron chi connectivity index (χ3n) is 3.97. The molecule has 3 nitrogen and oxygen atoms in total. The Bertz CT molecular complexity index is 424. The molecule has 0 radical (unpaired) electrons. The predicted octanol–water partition coefficient (Wildman–Crippen LogP) is 3.70. The molecule has 0 spiro atoms. The Balaban J connectivity index is 1.94. The smallest absolute Gasteiger partial charge is 0.226 e. The van der Waals surface area contributed by atoms with Crippen LogP contribution in [0.1, 0.15) is 38.5 Å². The number of hydrogen-bond donors (Lipinski definition) is 2. The van der Waals surface area contributed by atoms with Gasteiger partial charge in [-0.05, 0) is 44.2 Å². The predicted molar refractivity (Wildman–Crippen MR) is 82.3 cm³/mol. The molecule has 0 bridgehead atoms. The van der Waals surface area contributed by atoms with Crippen LogP contribution in [0.15, 0.2) is 28.7 Å². The van der Waals surface area contributed by atoms with Crippen LogP contribution in [-0.4, -0.2) is 18.5 Å². The quantitative estimate of drug-likeness (QED) is 0.886. The maximum Gasteiger partial charge on any atom is 0.226 e. The van der Waals surface area contributed by atoms with Gasteiger partial charge in [0.05, 0.1) is 0 Å². The molecule has 0 aromatic heterocycles. The summed E-state index contributed by atoms with van der Waals surface area (Å²) in [6.07, 6.45) is 6.46. The first-order valence-corrected chi connectivity index (χ1v) is 7.67. The number of carbonyl (C=O) groups excluding carboxylic acids is 1. The normalized spacial score (nSPS) is 18.0. The fraction of sp³-hybridized carbons (Fsp3) is 0.533. The Morgan fingerprint density at radius 3 is 2.42 bits per heavy atom. The van der Waals surface area contributed by atoms with E-state index in [9.17, 15) is 4.79 Å². The van der Waals surface area contributed by atoms with Crippen LogP contribution in [0.25, 0.3) is 0 Å². The molecule has 0 unspecified atom stereocenters. The number of hydrogen-bond acceptors (Lipinski definition) is 2. The minimum atomic E-state index is -0.00228. The van der Waals surface area contributed by atoms with E-state index in [0.29, 0.717) is 6.42 Å². The minimum Gasteiger partial charge on any atom is -0.326 e. The van der Waals surface area contributed by atoms with Crippen molar-refractivity contribution < 1.29 is 4.79 Å². The SMILES string of the molecule is CNC1(CC(=O)Nc2ccc(Br)cc2)CCCCC1. The maximum atomic E-state index is 12.2. The molecule has 4 heteroatoms. The average molecular weight is 325 g/mol. The van der Waals surface area contributed by atoms with Crippen molar-refractivity contribution in [1.29, 1.82) is 0 Å². The van der Waals surface area contributed by atoms with Gasteiger partial charge in [0.25, 0.3) is 0 Å². The molecule has 104 valence electrons. The van der Waals surface area contributed by atoms with Crippen molar-refractivity contribution in [3.63, 3.8) is 0 Å². The molecule has 0 atom stereocenters. The van der Waals surface area contributed by atoms with Gasteiger partial charge in [-0.15, -0.1) is 0 Å². The van der Waals surface area contributed by atoms with E-state index in [1.807, 2.05) is 31.3 Å². The van der Waals surface area contributed by atoms with Gasteiger partial charge in [-0.1, -0.05) is 35.2 Å². The van der Waals surface area contributed by atoms with E-state index >= 15 is 0 Å². The lowest BCUT2D eigenvalue weighted by molar-refractivity contribution is -0.117. The van der Waals surface area contributed by atoms with E-state index in [1.54, 1.807) is 0 Å². The zero-order valence-corrected chi connectivity index (χ0v) is 12.9. The summed E-state index contributed by atoms with van der Waals surface area (Å²) in [5, 5.41) is 6.35. The second-order valence-electron chi connectivity index (χ2n) is 5.32. The molecule has 1 aliphatic carbocycles. The first kappa shape index (κ1) is 14.5. The van der Waals surface area contributed by atoms with Crippen LogP contribution in [0.4, 0.5) is 5.69 Å². The summed E-state index contributed by atoms with van der Waals surface area (Å²) in [6.45, 7) is 0. The lowest BCUT2D eigenvalue weighted by atomic mass is 9.79. The monoisotopic (exact) mass is 324 g/mol. The fourth-order valence-electron chi connectivity index (χ4n) is 2.79. The van der Waals surface area contributed by atoms with Gasteiger partial charge < -0.3 is 10.6 Å². The number of anilines is 1. The molecule has 1 amide bonds. The highest BCUT2D eigenvalue weighted by Gasteiger charge is 2.32. The van der Waals surface area contributed by atoms with Gasteiger partial charge in [-0.25, -0.2) is 0 Å². The van der Waals surface area contributed by atoms with Crippen molar-refractivity contribution in [2.45, 2.75) is 44.1 Å². The molecule has 2 rings (SSSR count).